The molecule has 0 bridgehead atoms. The van der Waals surface area contributed by atoms with Crippen molar-refractivity contribution < 1.29 is 22.0 Å². The summed E-state index contributed by atoms with van der Waals surface area (Å²) in [5.74, 6) is -0.443. The van der Waals surface area contributed by atoms with Crippen LogP contribution in [0.3, 0.4) is 0 Å². The van der Waals surface area contributed by atoms with Gasteiger partial charge in [-0.1, -0.05) is 52.8 Å². The maximum Gasteiger partial charge on any atom is 0.333 e. The van der Waals surface area contributed by atoms with E-state index in [1.165, 1.54) is 13.3 Å². The van der Waals surface area contributed by atoms with Crippen LogP contribution < -0.4 is 20.7 Å². The van der Waals surface area contributed by atoms with E-state index in [0.717, 1.165) is 16.9 Å². The molecule has 1 aromatic heterocycles. The number of rotatable bonds is 10. The van der Waals surface area contributed by atoms with Gasteiger partial charge in [0.1, 0.15) is 5.75 Å². The Kier molecular flexibility index (Phi) is 9.45. The number of H-pyrrole nitrogens is 1. The van der Waals surface area contributed by atoms with Crippen molar-refractivity contribution in [3.05, 3.63) is 85.9 Å². The quantitative estimate of drug-likeness (QED) is 0.229. The largest absolute Gasteiger partial charge is 0.496 e. The molecule has 0 aliphatic carbocycles. The molecule has 2 aromatic carbocycles. The average Bonchev–Trinajstić information content (AvgIpc) is 2.86. The van der Waals surface area contributed by atoms with Crippen LogP contribution in [0.5, 0.6) is 5.75 Å². The van der Waals surface area contributed by atoms with Gasteiger partial charge in [0.25, 0.3) is 5.56 Å². The fraction of sp³-hybridized carbons (Fsp3) is 0.400. The minimum Gasteiger partial charge on any atom is -0.496 e. The van der Waals surface area contributed by atoms with Crippen LogP contribution in [-0.4, -0.2) is 46.3 Å². The Morgan fingerprint density at radius 3 is 2.19 bits per heavy atom. The van der Waals surface area contributed by atoms with E-state index >= 15 is 4.39 Å². The SMILES string of the molecule is COc1c(C(C)(C)CO[Si](C)(C)C(C)(C)C)cc(-n2ccc(=O)[nH]c2=O)c(F)c1/C=C/c1ccc(NS(C)(=O)=O)cc1. The standard InChI is InChI=1S/C30H40FN3O6SSi/c1-29(2,3)42(8,9)40-19-30(4,5)23-18-24(34-17-16-25(35)32-28(34)36)26(31)22(27(23)39-6)15-12-20-10-13-21(14-11-20)33-41(7,37)38/h10-18,33H,19H2,1-9H3,(H,32,35,36)/b15-12+. The van der Waals surface area contributed by atoms with Gasteiger partial charge >= 0.3 is 5.69 Å². The molecular weight excluding hydrogens is 577 g/mol. The molecule has 0 radical (unpaired) electrons. The van der Waals surface area contributed by atoms with Crippen LogP contribution in [0.25, 0.3) is 17.8 Å². The minimum absolute atomic E-state index is 0.0232. The highest BCUT2D eigenvalue weighted by Crippen LogP contribution is 2.42. The Bertz CT molecular complexity index is 1700. The number of halogens is 1. The number of sulfonamides is 1. The number of nitrogens with one attached hydrogen (secondary N) is 2. The second-order valence-corrected chi connectivity index (χ2v) is 19.0. The number of methoxy groups -OCH3 is 1. The highest BCUT2D eigenvalue weighted by atomic mass is 32.2. The number of aromatic amines is 1. The molecule has 0 unspecified atom stereocenters. The highest BCUT2D eigenvalue weighted by Gasteiger charge is 2.39. The third kappa shape index (κ3) is 7.67. The molecule has 42 heavy (non-hydrogen) atoms. The summed E-state index contributed by atoms with van der Waals surface area (Å²) in [4.78, 5) is 26.6. The van der Waals surface area contributed by atoms with E-state index in [1.807, 2.05) is 13.8 Å². The van der Waals surface area contributed by atoms with E-state index in [0.29, 0.717) is 23.4 Å². The van der Waals surface area contributed by atoms with Crippen molar-refractivity contribution in [3.8, 4) is 11.4 Å². The Hall–Kier alpha value is -3.48. The van der Waals surface area contributed by atoms with Crippen molar-refractivity contribution in [3.63, 3.8) is 0 Å². The van der Waals surface area contributed by atoms with E-state index < -0.39 is 40.8 Å². The molecule has 0 amide bonds. The number of nitrogens with zero attached hydrogens (tertiary/aromatic N) is 1. The first-order valence-corrected chi connectivity index (χ1v) is 18.2. The van der Waals surface area contributed by atoms with Gasteiger partial charge in [0.15, 0.2) is 14.1 Å². The predicted molar refractivity (Wildman–Crippen MR) is 169 cm³/mol. The van der Waals surface area contributed by atoms with Gasteiger partial charge in [-0.2, -0.15) is 0 Å². The van der Waals surface area contributed by atoms with Crippen molar-refractivity contribution in [1.29, 1.82) is 0 Å². The smallest absolute Gasteiger partial charge is 0.333 e. The molecule has 2 N–H and O–H groups in total. The molecule has 0 saturated heterocycles. The maximum atomic E-state index is 16.3. The normalized spacial score (nSPS) is 13.0. The molecule has 0 spiro atoms. The maximum absolute atomic E-state index is 16.3. The lowest BCUT2D eigenvalue weighted by Gasteiger charge is -2.39. The molecule has 12 heteroatoms. The molecule has 228 valence electrons. The summed E-state index contributed by atoms with van der Waals surface area (Å²) in [5.41, 5.74) is -0.324. The van der Waals surface area contributed by atoms with E-state index in [9.17, 15) is 18.0 Å². The van der Waals surface area contributed by atoms with Gasteiger partial charge in [0.2, 0.25) is 10.0 Å². The van der Waals surface area contributed by atoms with Crippen LogP contribution in [0.4, 0.5) is 10.1 Å². The molecular formula is C30H40FN3O6SSi. The van der Waals surface area contributed by atoms with Gasteiger partial charge in [0, 0.05) is 35.5 Å². The summed E-state index contributed by atoms with van der Waals surface area (Å²) >= 11 is 0. The van der Waals surface area contributed by atoms with Gasteiger partial charge in [-0.3, -0.25) is 19.1 Å². The number of hydrogen-bond acceptors (Lipinski definition) is 6. The van der Waals surface area contributed by atoms with Crippen LogP contribution >= 0.6 is 0 Å². The summed E-state index contributed by atoms with van der Waals surface area (Å²) in [5, 5.41) is -0.0232. The van der Waals surface area contributed by atoms with Gasteiger partial charge in [-0.05, 0) is 48.0 Å². The third-order valence-corrected chi connectivity index (χ3v) is 12.6. The first kappa shape index (κ1) is 33.0. The van der Waals surface area contributed by atoms with E-state index in [4.69, 9.17) is 9.16 Å². The summed E-state index contributed by atoms with van der Waals surface area (Å²) in [6, 6.07) is 9.27. The first-order chi connectivity index (χ1) is 19.3. The molecule has 0 atom stereocenters. The molecule has 3 rings (SSSR count). The predicted octanol–water partition coefficient (Wildman–Crippen LogP) is 5.51. The first-order valence-electron chi connectivity index (χ1n) is 13.4. The monoisotopic (exact) mass is 617 g/mol. The van der Waals surface area contributed by atoms with Crippen LogP contribution in [0.2, 0.25) is 18.1 Å². The number of aromatic nitrogens is 2. The summed E-state index contributed by atoms with van der Waals surface area (Å²) in [7, 11) is -4.11. The molecule has 3 aromatic rings. The second kappa shape index (κ2) is 12.0. The molecule has 0 saturated carbocycles. The number of hydrogen-bond donors (Lipinski definition) is 2. The molecule has 0 aliphatic rings. The van der Waals surface area contributed by atoms with E-state index in [2.05, 4.69) is 43.6 Å². The van der Waals surface area contributed by atoms with Crippen LogP contribution in [-0.2, 0) is 19.9 Å². The van der Waals surface area contributed by atoms with E-state index in [1.54, 1.807) is 42.5 Å². The summed E-state index contributed by atoms with van der Waals surface area (Å²) < 4.78 is 55.1. The summed E-state index contributed by atoms with van der Waals surface area (Å²) in [6.07, 6.45) is 5.50. The number of anilines is 1. The van der Waals surface area contributed by atoms with Crippen LogP contribution in [0.15, 0.2) is 52.2 Å². The third-order valence-electron chi connectivity index (χ3n) is 7.50. The number of ether oxygens (including phenoxy) is 1. The van der Waals surface area contributed by atoms with Gasteiger partial charge in [-0.25, -0.2) is 17.6 Å². The van der Waals surface area contributed by atoms with Crippen LogP contribution in [0.1, 0.15) is 51.3 Å². The zero-order valence-corrected chi connectivity index (χ0v) is 27.4. The van der Waals surface area contributed by atoms with Gasteiger partial charge < -0.3 is 9.16 Å². The van der Waals surface area contributed by atoms with Crippen molar-refractivity contribution in [2.75, 3.05) is 24.7 Å². The highest BCUT2D eigenvalue weighted by molar-refractivity contribution is 7.92. The number of benzene rings is 2. The van der Waals surface area contributed by atoms with Gasteiger partial charge in [-0.15, -0.1) is 0 Å². The lowest BCUT2D eigenvalue weighted by Crippen LogP contribution is -2.44. The lowest BCUT2D eigenvalue weighted by molar-refractivity contribution is 0.216. The molecule has 0 aliphatic heterocycles. The van der Waals surface area contributed by atoms with E-state index in [-0.39, 0.29) is 22.0 Å². The zero-order valence-electron chi connectivity index (χ0n) is 25.6. The molecule has 1 heterocycles. The fourth-order valence-electron chi connectivity index (χ4n) is 4.01. The lowest BCUT2D eigenvalue weighted by atomic mass is 9.83. The van der Waals surface area contributed by atoms with Crippen molar-refractivity contribution >= 4 is 36.2 Å². The second-order valence-electron chi connectivity index (χ2n) is 12.4. The zero-order chi connectivity index (χ0) is 31.7. The summed E-state index contributed by atoms with van der Waals surface area (Å²) in [6.45, 7) is 15.0. The average molecular weight is 618 g/mol. The van der Waals surface area contributed by atoms with Gasteiger partial charge in [0.05, 0.1) is 24.6 Å². The Morgan fingerprint density at radius 1 is 1.05 bits per heavy atom. The van der Waals surface area contributed by atoms with Crippen LogP contribution in [0, 0.1) is 5.82 Å². The minimum atomic E-state index is -3.43. The van der Waals surface area contributed by atoms with Crippen molar-refractivity contribution in [1.82, 2.24) is 9.55 Å². The Morgan fingerprint density at radius 2 is 1.67 bits per heavy atom. The topological polar surface area (TPSA) is 119 Å². The van der Waals surface area contributed by atoms with Crippen molar-refractivity contribution in [2.24, 2.45) is 0 Å². The fourth-order valence-corrected chi connectivity index (χ4v) is 5.73. The molecule has 9 nitrogen and oxygen atoms in total. The Labute approximate surface area is 247 Å². The Balaban J connectivity index is 2.20. The van der Waals surface area contributed by atoms with Crippen molar-refractivity contribution in [2.45, 2.75) is 58.2 Å². The molecule has 0 fully saturated rings.